The minimum absolute atomic E-state index is 0.941. The van der Waals surface area contributed by atoms with Gasteiger partial charge in [0, 0.05) is 7.11 Å². The lowest BCUT2D eigenvalue weighted by atomic mass is 9.65. The average Bonchev–Trinajstić information content (AvgIpc) is 1.61. The molecule has 0 bridgehead atoms. The van der Waals surface area contributed by atoms with Crippen molar-refractivity contribution in [2.45, 2.75) is 13.0 Å². The summed E-state index contributed by atoms with van der Waals surface area (Å²) in [5.41, 5.74) is 0. The van der Waals surface area contributed by atoms with Crippen LogP contribution in [-0.2, 0) is 4.65 Å². The van der Waals surface area contributed by atoms with E-state index in [-0.39, 0.29) is 0 Å². The Balaban J connectivity index is 2.34. The molecule has 0 atom stereocenters. The van der Waals surface area contributed by atoms with Crippen LogP contribution < -0.4 is 0 Å². The second-order valence-electron chi connectivity index (χ2n) is 1.05. The lowest BCUT2D eigenvalue weighted by molar-refractivity contribution is 0.445. The lowest BCUT2D eigenvalue weighted by Gasteiger charge is -1.84. The molecule has 2 radical (unpaired) electrons. The van der Waals surface area contributed by atoms with Crippen LogP contribution in [0.1, 0.15) is 0 Å². The van der Waals surface area contributed by atoms with Gasteiger partial charge in [0.2, 0.25) is 0 Å². The Morgan fingerprint density at radius 3 is 2.50 bits per heavy atom. The molecule has 1 nitrogen and oxygen atoms in total. The summed E-state index contributed by atoms with van der Waals surface area (Å²) >= 11 is 0. The van der Waals surface area contributed by atoms with Crippen molar-refractivity contribution >= 4 is 14.8 Å². The molecule has 0 rings (SSSR count). The molecule has 0 aromatic carbocycles. The molecule has 0 saturated carbocycles. The summed E-state index contributed by atoms with van der Waals surface area (Å²) in [6.45, 7) is 2.00. The minimum Gasteiger partial charge on any atom is -0.444 e. The van der Waals surface area contributed by atoms with E-state index in [0.717, 1.165) is 6.22 Å². The molecule has 0 saturated heterocycles. The van der Waals surface area contributed by atoms with E-state index in [4.69, 9.17) is 0 Å². The predicted octanol–water partition coefficient (Wildman–Crippen LogP) is 0.380. The molecule has 0 aliphatic rings. The van der Waals surface area contributed by atoms with Crippen molar-refractivity contribution in [1.82, 2.24) is 0 Å². The number of hydrogen-bond donors (Lipinski definition) is 0. The van der Waals surface area contributed by atoms with Crippen molar-refractivity contribution in [3.05, 3.63) is 0 Å². The first kappa shape index (κ1) is 6.09. The summed E-state index contributed by atoms with van der Waals surface area (Å²) < 4.78 is 4.63. The van der Waals surface area contributed by atoms with Crippen molar-refractivity contribution < 1.29 is 4.65 Å². The van der Waals surface area contributed by atoms with Crippen LogP contribution in [0, 0.1) is 0 Å². The zero-order chi connectivity index (χ0) is 4.83. The summed E-state index contributed by atoms with van der Waals surface area (Å²) in [7, 11) is 5.44. The molecule has 0 amide bonds. The van der Waals surface area contributed by atoms with Crippen LogP contribution in [0.3, 0.4) is 0 Å². The Hall–Kier alpha value is 0.0899. The Morgan fingerprint density at radius 1 is 1.67 bits per heavy atom. The van der Waals surface area contributed by atoms with Gasteiger partial charge in [-0.2, -0.15) is 0 Å². The van der Waals surface area contributed by atoms with Gasteiger partial charge in [0.25, 0.3) is 7.48 Å². The Bertz CT molecular complexity index is 20.8. The van der Waals surface area contributed by atoms with Crippen molar-refractivity contribution in [3.63, 3.8) is 0 Å². The second kappa shape index (κ2) is 5.09. The Labute approximate surface area is 40.6 Å². The zero-order valence-corrected chi connectivity index (χ0v) is 4.27. The molecule has 0 aliphatic heterocycles. The van der Waals surface area contributed by atoms with E-state index in [9.17, 15) is 0 Å². The van der Waals surface area contributed by atoms with E-state index in [2.05, 4.69) is 4.65 Å². The summed E-state index contributed by atoms with van der Waals surface area (Å²) in [5, 5.41) is 0. The Kier molecular flexibility index (Phi) is 5.17. The highest BCUT2D eigenvalue weighted by atomic mass is 16.4. The maximum Gasteiger partial charge on any atom is 0.283 e. The monoisotopic (exact) mass is 82.1 g/mol. The summed E-state index contributed by atoms with van der Waals surface area (Å²) in [5.74, 6) is 0. The molecule has 3 heteroatoms. The van der Waals surface area contributed by atoms with Crippen molar-refractivity contribution in [1.29, 1.82) is 0 Å². The van der Waals surface area contributed by atoms with E-state index >= 15 is 0 Å². The number of hydrogen-bond acceptors (Lipinski definition) is 1. The fourth-order valence-electron chi connectivity index (χ4n) is 0.192. The highest BCUT2D eigenvalue weighted by Crippen LogP contribution is 1.71. The van der Waals surface area contributed by atoms with E-state index in [1.807, 2.05) is 14.1 Å². The third kappa shape index (κ3) is 4.09. The SMILES string of the molecule is C[B]C[B]OC. The summed E-state index contributed by atoms with van der Waals surface area (Å²) in [4.78, 5) is 0. The van der Waals surface area contributed by atoms with E-state index in [0.29, 0.717) is 0 Å². The first-order valence-corrected chi connectivity index (χ1v) is 2.04. The smallest absolute Gasteiger partial charge is 0.283 e. The first-order chi connectivity index (χ1) is 2.91. The van der Waals surface area contributed by atoms with Gasteiger partial charge in [0.05, 0.1) is 7.28 Å². The van der Waals surface area contributed by atoms with Gasteiger partial charge in [-0.1, -0.05) is 13.0 Å². The molecule has 0 aromatic heterocycles. The molecule has 6 heavy (non-hydrogen) atoms. The second-order valence-corrected chi connectivity index (χ2v) is 1.05. The molecule has 32 valence electrons. The average molecular weight is 81.7 g/mol. The normalized spacial score (nSPS) is 7.67. The van der Waals surface area contributed by atoms with E-state index in [1.54, 1.807) is 14.6 Å². The third-order valence-electron chi connectivity index (χ3n) is 0.499. The van der Waals surface area contributed by atoms with Crippen LogP contribution in [0.2, 0.25) is 13.0 Å². The Morgan fingerprint density at radius 2 is 2.33 bits per heavy atom. The molecule has 0 heterocycles. The van der Waals surface area contributed by atoms with Gasteiger partial charge in [-0.3, -0.25) is 0 Å². The standard InChI is InChI=1S/C3H8B2O/c1-4-3-5-6-2/h3H2,1-2H3. The molecule has 0 aromatic rings. The first-order valence-electron chi connectivity index (χ1n) is 2.04. The van der Waals surface area contributed by atoms with Crippen LogP contribution in [-0.4, -0.2) is 21.9 Å². The topological polar surface area (TPSA) is 9.23 Å². The third-order valence-corrected chi connectivity index (χ3v) is 0.499. The van der Waals surface area contributed by atoms with Crippen LogP contribution in [0.4, 0.5) is 0 Å². The van der Waals surface area contributed by atoms with Crippen molar-refractivity contribution in [2.24, 2.45) is 0 Å². The van der Waals surface area contributed by atoms with Crippen LogP contribution in [0.15, 0.2) is 0 Å². The van der Waals surface area contributed by atoms with Crippen LogP contribution in [0.25, 0.3) is 0 Å². The van der Waals surface area contributed by atoms with E-state index in [1.165, 1.54) is 0 Å². The minimum atomic E-state index is 0.941. The largest absolute Gasteiger partial charge is 0.444 e. The highest BCUT2D eigenvalue weighted by molar-refractivity contribution is 6.51. The van der Waals surface area contributed by atoms with Gasteiger partial charge < -0.3 is 4.65 Å². The molecule has 0 unspecified atom stereocenters. The molecular weight excluding hydrogens is 73.7 g/mol. The van der Waals surface area contributed by atoms with Gasteiger partial charge in [0.15, 0.2) is 0 Å². The fourth-order valence-corrected chi connectivity index (χ4v) is 0.192. The predicted molar refractivity (Wildman–Crippen MR) is 29.2 cm³/mol. The molecule has 0 spiro atoms. The lowest BCUT2D eigenvalue weighted by Crippen LogP contribution is -1.95. The van der Waals surface area contributed by atoms with Gasteiger partial charge in [-0.25, -0.2) is 0 Å². The van der Waals surface area contributed by atoms with Gasteiger partial charge >= 0.3 is 0 Å². The zero-order valence-electron chi connectivity index (χ0n) is 4.27. The van der Waals surface area contributed by atoms with E-state index < -0.39 is 0 Å². The van der Waals surface area contributed by atoms with Crippen molar-refractivity contribution in [2.75, 3.05) is 7.11 Å². The maximum absolute atomic E-state index is 4.63. The van der Waals surface area contributed by atoms with Gasteiger partial charge in [0.1, 0.15) is 0 Å². The van der Waals surface area contributed by atoms with Gasteiger partial charge in [-0.15, -0.1) is 0 Å². The molecule has 0 N–H and O–H groups in total. The highest BCUT2D eigenvalue weighted by Gasteiger charge is 1.82. The van der Waals surface area contributed by atoms with Gasteiger partial charge in [-0.05, 0) is 0 Å². The maximum atomic E-state index is 4.63. The fraction of sp³-hybridized carbons (Fsp3) is 1.00. The van der Waals surface area contributed by atoms with Crippen LogP contribution in [0.5, 0.6) is 0 Å². The summed E-state index contributed by atoms with van der Waals surface area (Å²) in [6, 6.07) is 0. The molecule has 0 aliphatic carbocycles. The summed E-state index contributed by atoms with van der Waals surface area (Å²) in [6.07, 6.45) is 0.941. The van der Waals surface area contributed by atoms with Crippen molar-refractivity contribution in [3.8, 4) is 0 Å². The molecular formula is C3H8B2O. The number of rotatable bonds is 3. The quantitative estimate of drug-likeness (QED) is 0.353. The molecule has 0 fully saturated rings. The van der Waals surface area contributed by atoms with Crippen LogP contribution >= 0.6 is 0 Å².